The first-order chi connectivity index (χ1) is 12.4. The highest BCUT2D eigenvalue weighted by atomic mass is 16.5. The molecule has 0 unspecified atom stereocenters. The van der Waals surface area contributed by atoms with E-state index in [1.165, 1.54) is 0 Å². The van der Waals surface area contributed by atoms with Gasteiger partial charge in [-0.3, -0.25) is 4.79 Å². The van der Waals surface area contributed by atoms with Gasteiger partial charge in [-0.25, -0.2) is 9.67 Å². The number of hydrogen-bond acceptors (Lipinski definition) is 5. The van der Waals surface area contributed by atoms with Crippen LogP contribution in [-0.4, -0.2) is 63.8 Å². The van der Waals surface area contributed by atoms with E-state index in [-0.39, 0.29) is 11.9 Å². The summed E-state index contributed by atoms with van der Waals surface area (Å²) in [6, 6.07) is 7.96. The van der Waals surface area contributed by atoms with Crippen molar-refractivity contribution < 1.29 is 9.53 Å². The molecule has 26 heavy (non-hydrogen) atoms. The van der Waals surface area contributed by atoms with Crippen LogP contribution in [0.15, 0.2) is 24.3 Å². The molecule has 0 saturated heterocycles. The van der Waals surface area contributed by atoms with Crippen molar-refractivity contribution in [2.75, 3.05) is 27.2 Å². The zero-order valence-electron chi connectivity index (χ0n) is 16.0. The number of amides is 1. The van der Waals surface area contributed by atoms with E-state index in [1.807, 2.05) is 57.1 Å². The SMILES string of the molecule is Cc1nc(C)n(CCC(=O)N2Cc3ccccc3OC[C@@H]2CN(C)C)n1. The average molecular weight is 357 g/mol. The van der Waals surface area contributed by atoms with Crippen molar-refractivity contribution in [3.63, 3.8) is 0 Å². The molecule has 0 bridgehead atoms. The Kier molecular flexibility index (Phi) is 5.56. The number of nitrogens with zero attached hydrogens (tertiary/aromatic N) is 5. The van der Waals surface area contributed by atoms with Crippen LogP contribution in [0.4, 0.5) is 0 Å². The second-order valence-electron chi connectivity index (χ2n) is 7.04. The number of hydrogen-bond donors (Lipinski definition) is 0. The van der Waals surface area contributed by atoms with Gasteiger partial charge < -0.3 is 14.5 Å². The van der Waals surface area contributed by atoms with E-state index in [1.54, 1.807) is 4.68 Å². The molecule has 0 spiro atoms. The molecule has 7 heteroatoms. The molecule has 0 N–H and O–H groups in total. The summed E-state index contributed by atoms with van der Waals surface area (Å²) in [7, 11) is 4.03. The van der Waals surface area contributed by atoms with Crippen LogP contribution in [-0.2, 0) is 17.9 Å². The van der Waals surface area contributed by atoms with Crippen molar-refractivity contribution in [2.24, 2.45) is 0 Å². The third kappa shape index (κ3) is 4.22. The van der Waals surface area contributed by atoms with Gasteiger partial charge in [0.05, 0.1) is 12.6 Å². The molecule has 1 atom stereocenters. The van der Waals surface area contributed by atoms with Gasteiger partial charge >= 0.3 is 0 Å². The lowest BCUT2D eigenvalue weighted by molar-refractivity contribution is -0.135. The fourth-order valence-electron chi connectivity index (χ4n) is 3.35. The molecule has 0 fully saturated rings. The van der Waals surface area contributed by atoms with Gasteiger partial charge in [0.15, 0.2) is 0 Å². The summed E-state index contributed by atoms with van der Waals surface area (Å²) in [5.41, 5.74) is 1.05. The Morgan fingerprint density at radius 3 is 2.77 bits per heavy atom. The molecule has 1 amide bonds. The number of ether oxygens (including phenoxy) is 1. The maximum absolute atomic E-state index is 13.0. The Morgan fingerprint density at radius 2 is 2.08 bits per heavy atom. The number of benzene rings is 1. The molecular formula is C19H27N5O2. The highest BCUT2D eigenvalue weighted by molar-refractivity contribution is 5.76. The van der Waals surface area contributed by atoms with Crippen LogP contribution in [0.3, 0.4) is 0 Å². The topological polar surface area (TPSA) is 63.5 Å². The number of para-hydroxylation sites is 1. The van der Waals surface area contributed by atoms with Crippen LogP contribution >= 0.6 is 0 Å². The minimum absolute atomic E-state index is 0.0171. The van der Waals surface area contributed by atoms with E-state index >= 15 is 0 Å². The Balaban J connectivity index is 1.75. The van der Waals surface area contributed by atoms with Gasteiger partial charge in [-0.15, -0.1) is 0 Å². The summed E-state index contributed by atoms with van der Waals surface area (Å²) in [6.45, 7) is 6.16. The molecule has 1 aliphatic rings. The van der Waals surface area contributed by atoms with Crippen LogP contribution in [0.2, 0.25) is 0 Å². The van der Waals surface area contributed by atoms with Crippen LogP contribution in [0.5, 0.6) is 5.75 Å². The summed E-state index contributed by atoms with van der Waals surface area (Å²) in [4.78, 5) is 21.4. The Hall–Kier alpha value is -2.41. The summed E-state index contributed by atoms with van der Waals surface area (Å²) < 4.78 is 7.78. The molecule has 2 heterocycles. The van der Waals surface area contributed by atoms with Crippen LogP contribution < -0.4 is 4.74 Å². The monoisotopic (exact) mass is 357 g/mol. The Bertz CT molecular complexity index is 771. The van der Waals surface area contributed by atoms with E-state index in [2.05, 4.69) is 15.0 Å². The second kappa shape index (κ2) is 7.86. The smallest absolute Gasteiger partial charge is 0.225 e. The summed E-state index contributed by atoms with van der Waals surface area (Å²) in [5, 5.41) is 4.35. The molecule has 0 aliphatic carbocycles. The van der Waals surface area contributed by atoms with E-state index < -0.39 is 0 Å². The van der Waals surface area contributed by atoms with Crippen molar-refractivity contribution in [1.82, 2.24) is 24.6 Å². The van der Waals surface area contributed by atoms with Crippen molar-refractivity contribution in [3.05, 3.63) is 41.5 Å². The fourth-order valence-corrected chi connectivity index (χ4v) is 3.35. The van der Waals surface area contributed by atoms with Gasteiger partial charge in [0, 0.05) is 25.1 Å². The first kappa shape index (κ1) is 18.4. The van der Waals surface area contributed by atoms with Gasteiger partial charge in [-0.05, 0) is 34.0 Å². The average Bonchev–Trinajstić information content (AvgIpc) is 2.81. The predicted molar refractivity (Wildman–Crippen MR) is 98.9 cm³/mol. The number of aryl methyl sites for hydroxylation is 3. The van der Waals surface area contributed by atoms with Crippen molar-refractivity contribution in [3.8, 4) is 5.75 Å². The zero-order chi connectivity index (χ0) is 18.7. The van der Waals surface area contributed by atoms with Gasteiger partial charge in [-0.2, -0.15) is 5.10 Å². The molecular weight excluding hydrogens is 330 g/mol. The summed E-state index contributed by atoms with van der Waals surface area (Å²) in [6.07, 6.45) is 0.399. The standard InChI is InChI=1S/C19H27N5O2/c1-14-20-15(2)24(21-14)10-9-19(25)23-11-16-7-5-6-8-18(16)26-13-17(23)12-22(3)4/h5-8,17H,9-13H2,1-4H3/t17-/m0/s1. The predicted octanol–water partition coefficient (Wildman–Crippen LogP) is 1.64. The maximum atomic E-state index is 13.0. The van der Waals surface area contributed by atoms with Gasteiger partial charge in [0.25, 0.3) is 0 Å². The normalized spacial score (nSPS) is 17.0. The molecule has 0 radical (unpaired) electrons. The first-order valence-corrected chi connectivity index (χ1v) is 8.97. The number of rotatable bonds is 5. The molecule has 0 saturated carbocycles. The highest BCUT2D eigenvalue weighted by Gasteiger charge is 2.28. The van der Waals surface area contributed by atoms with Gasteiger partial charge in [0.1, 0.15) is 24.0 Å². The number of likely N-dealkylation sites (N-methyl/N-ethyl adjacent to an activating group) is 1. The summed E-state index contributed by atoms with van der Waals surface area (Å²) in [5.74, 6) is 2.56. The molecule has 3 rings (SSSR count). The number of fused-ring (bicyclic) bond motifs is 1. The molecule has 1 aliphatic heterocycles. The van der Waals surface area contributed by atoms with Gasteiger partial charge in [0.2, 0.25) is 5.91 Å². The van der Waals surface area contributed by atoms with Crippen LogP contribution in [0.25, 0.3) is 0 Å². The largest absolute Gasteiger partial charge is 0.491 e. The molecule has 140 valence electrons. The molecule has 2 aromatic rings. The molecule has 1 aromatic carbocycles. The van der Waals surface area contributed by atoms with Gasteiger partial charge in [-0.1, -0.05) is 18.2 Å². The number of carbonyl (C=O) groups is 1. The zero-order valence-corrected chi connectivity index (χ0v) is 16.0. The third-order valence-corrected chi connectivity index (χ3v) is 4.58. The molecule has 1 aromatic heterocycles. The van der Waals surface area contributed by atoms with E-state index in [9.17, 15) is 4.79 Å². The van der Waals surface area contributed by atoms with Crippen LogP contribution in [0, 0.1) is 13.8 Å². The van der Waals surface area contributed by atoms with E-state index in [4.69, 9.17) is 4.74 Å². The minimum atomic E-state index is 0.0171. The quantitative estimate of drug-likeness (QED) is 0.814. The lowest BCUT2D eigenvalue weighted by Crippen LogP contribution is -2.47. The summed E-state index contributed by atoms with van der Waals surface area (Å²) >= 11 is 0. The van der Waals surface area contributed by atoms with Crippen molar-refractivity contribution >= 4 is 5.91 Å². The minimum Gasteiger partial charge on any atom is -0.491 e. The van der Waals surface area contributed by atoms with Crippen molar-refractivity contribution in [2.45, 2.75) is 39.4 Å². The fraction of sp³-hybridized carbons (Fsp3) is 0.526. The van der Waals surface area contributed by atoms with Crippen LogP contribution in [0.1, 0.15) is 23.6 Å². The Labute approximate surface area is 154 Å². The lowest BCUT2D eigenvalue weighted by Gasteiger charge is -2.31. The maximum Gasteiger partial charge on any atom is 0.225 e. The lowest BCUT2D eigenvalue weighted by atomic mass is 10.1. The highest BCUT2D eigenvalue weighted by Crippen LogP contribution is 2.25. The van der Waals surface area contributed by atoms with Crippen molar-refractivity contribution in [1.29, 1.82) is 0 Å². The first-order valence-electron chi connectivity index (χ1n) is 8.97. The van der Waals surface area contributed by atoms with E-state index in [0.29, 0.717) is 26.1 Å². The molecule has 7 nitrogen and oxygen atoms in total. The third-order valence-electron chi connectivity index (χ3n) is 4.58. The Morgan fingerprint density at radius 1 is 1.31 bits per heavy atom. The number of carbonyl (C=O) groups excluding carboxylic acids is 1. The van der Waals surface area contributed by atoms with E-state index in [0.717, 1.165) is 29.5 Å². The number of aromatic nitrogens is 3. The second-order valence-corrected chi connectivity index (χ2v) is 7.04.